The van der Waals surface area contributed by atoms with Crippen molar-refractivity contribution in [1.82, 2.24) is 15.1 Å². The molecule has 2 heterocycles. The van der Waals surface area contributed by atoms with Gasteiger partial charge in [0.2, 0.25) is 0 Å². The number of hydrogen-bond acceptors (Lipinski definition) is 3. The molecule has 1 aromatic carbocycles. The molecule has 2 aromatic rings. The molecule has 0 amide bonds. The zero-order valence-corrected chi connectivity index (χ0v) is 12.4. The van der Waals surface area contributed by atoms with Crippen LogP contribution in [-0.2, 0) is 11.3 Å². The minimum atomic E-state index is 0.503. The van der Waals surface area contributed by atoms with Crippen molar-refractivity contribution in [2.75, 3.05) is 13.2 Å². The van der Waals surface area contributed by atoms with Gasteiger partial charge in [-0.1, -0.05) is 18.2 Å². The van der Waals surface area contributed by atoms with Gasteiger partial charge < -0.3 is 10.1 Å². The van der Waals surface area contributed by atoms with Crippen molar-refractivity contribution in [2.24, 2.45) is 0 Å². The van der Waals surface area contributed by atoms with E-state index in [2.05, 4.69) is 34.7 Å². The van der Waals surface area contributed by atoms with Gasteiger partial charge in [-0.3, -0.25) is 0 Å². The number of nitrogens with zero attached hydrogens (tertiary/aromatic N) is 2. The first kappa shape index (κ1) is 14.3. The van der Waals surface area contributed by atoms with Gasteiger partial charge in [0.25, 0.3) is 0 Å². The first-order valence-corrected chi connectivity index (χ1v) is 7.84. The quantitative estimate of drug-likeness (QED) is 0.795. The summed E-state index contributed by atoms with van der Waals surface area (Å²) in [5, 5.41) is 7.85. The van der Waals surface area contributed by atoms with Crippen LogP contribution in [0.15, 0.2) is 42.7 Å². The van der Waals surface area contributed by atoms with E-state index in [4.69, 9.17) is 4.74 Å². The second-order valence-corrected chi connectivity index (χ2v) is 5.53. The van der Waals surface area contributed by atoms with Gasteiger partial charge in [-0.15, -0.1) is 0 Å². The summed E-state index contributed by atoms with van der Waals surface area (Å²) in [6.45, 7) is 2.87. The Hall–Kier alpha value is -1.65. The van der Waals surface area contributed by atoms with E-state index >= 15 is 0 Å². The Labute approximate surface area is 126 Å². The summed E-state index contributed by atoms with van der Waals surface area (Å²) in [6, 6.07) is 10.3. The highest BCUT2D eigenvalue weighted by molar-refractivity contribution is 5.40. The fraction of sp³-hybridized carbons (Fsp3) is 0.471. The maximum Gasteiger partial charge on any atom is 0.0690 e. The fourth-order valence-electron chi connectivity index (χ4n) is 2.84. The molecule has 21 heavy (non-hydrogen) atoms. The van der Waals surface area contributed by atoms with Crippen LogP contribution in [0.3, 0.4) is 0 Å². The zero-order chi connectivity index (χ0) is 14.3. The van der Waals surface area contributed by atoms with Gasteiger partial charge in [-0.25, -0.2) is 4.68 Å². The average molecular weight is 285 g/mol. The highest BCUT2D eigenvalue weighted by Gasteiger charge is 2.14. The minimum absolute atomic E-state index is 0.503. The molecule has 1 aliphatic rings. The Kier molecular flexibility index (Phi) is 5.03. The van der Waals surface area contributed by atoms with Crippen LogP contribution in [0.25, 0.3) is 5.69 Å². The van der Waals surface area contributed by atoms with Gasteiger partial charge in [-0.05, 0) is 49.9 Å². The van der Waals surface area contributed by atoms with Crippen molar-refractivity contribution in [1.29, 1.82) is 0 Å². The molecule has 1 N–H and O–H groups in total. The molecular weight excluding hydrogens is 262 g/mol. The van der Waals surface area contributed by atoms with E-state index in [-0.39, 0.29) is 0 Å². The molecule has 1 aromatic heterocycles. The van der Waals surface area contributed by atoms with Crippen molar-refractivity contribution in [2.45, 2.75) is 38.3 Å². The lowest BCUT2D eigenvalue weighted by atomic mass is 10.1. The maximum atomic E-state index is 5.65. The third-order valence-electron chi connectivity index (χ3n) is 3.96. The molecule has 1 aliphatic heterocycles. The highest BCUT2D eigenvalue weighted by atomic mass is 16.5. The van der Waals surface area contributed by atoms with Gasteiger partial charge in [0, 0.05) is 25.5 Å². The first-order chi connectivity index (χ1) is 10.4. The van der Waals surface area contributed by atoms with E-state index in [9.17, 15) is 0 Å². The van der Waals surface area contributed by atoms with E-state index < -0.39 is 0 Å². The van der Waals surface area contributed by atoms with Crippen LogP contribution in [0, 0.1) is 0 Å². The molecule has 0 radical (unpaired) electrons. The van der Waals surface area contributed by atoms with E-state index in [1.165, 1.54) is 31.2 Å². The molecule has 1 fully saturated rings. The van der Waals surface area contributed by atoms with Crippen LogP contribution in [0.2, 0.25) is 0 Å². The number of para-hydroxylation sites is 1. The van der Waals surface area contributed by atoms with Crippen molar-refractivity contribution >= 4 is 0 Å². The minimum Gasteiger partial charge on any atom is -0.378 e. The largest absolute Gasteiger partial charge is 0.378 e. The van der Waals surface area contributed by atoms with E-state index in [1.807, 2.05) is 23.1 Å². The Morgan fingerprint density at radius 1 is 1.29 bits per heavy atom. The predicted octanol–water partition coefficient (Wildman–Crippen LogP) is 2.92. The lowest BCUT2D eigenvalue weighted by Gasteiger charge is -2.12. The molecule has 1 saturated heterocycles. The molecule has 0 spiro atoms. The molecular formula is C17H23N3O. The average Bonchev–Trinajstić information content (AvgIpc) is 3.21. The first-order valence-electron chi connectivity index (χ1n) is 7.84. The third kappa shape index (κ3) is 3.93. The lowest BCUT2D eigenvalue weighted by molar-refractivity contribution is 0.102. The number of rotatable bonds is 7. The molecule has 1 atom stereocenters. The number of nitrogens with one attached hydrogen (secondary N) is 1. The summed E-state index contributed by atoms with van der Waals surface area (Å²) < 4.78 is 7.57. The summed E-state index contributed by atoms with van der Waals surface area (Å²) in [4.78, 5) is 0. The maximum absolute atomic E-state index is 5.65. The van der Waals surface area contributed by atoms with E-state index in [1.54, 1.807) is 0 Å². The molecule has 4 heteroatoms. The topological polar surface area (TPSA) is 39.1 Å². The molecule has 4 nitrogen and oxygen atoms in total. The molecule has 3 rings (SSSR count). The van der Waals surface area contributed by atoms with Crippen molar-refractivity contribution in [3.8, 4) is 5.69 Å². The van der Waals surface area contributed by atoms with Gasteiger partial charge in [0.05, 0.1) is 11.8 Å². The standard InChI is InChI=1S/C17H23N3O/c1-2-9-17(20-12-5-11-19-20)15(6-1)14-18-10-3-7-16-8-4-13-21-16/h1-2,5-6,9,11-12,16,18H,3-4,7-8,10,13-14H2. The van der Waals surface area contributed by atoms with Crippen LogP contribution in [-0.4, -0.2) is 29.0 Å². The van der Waals surface area contributed by atoms with Crippen molar-refractivity contribution in [3.63, 3.8) is 0 Å². The van der Waals surface area contributed by atoms with E-state index in [0.29, 0.717) is 6.10 Å². The second kappa shape index (κ2) is 7.38. The molecule has 0 aliphatic carbocycles. The van der Waals surface area contributed by atoms with Gasteiger partial charge in [-0.2, -0.15) is 5.10 Å². The van der Waals surface area contributed by atoms with Crippen LogP contribution in [0.5, 0.6) is 0 Å². The molecule has 112 valence electrons. The molecule has 0 saturated carbocycles. The summed E-state index contributed by atoms with van der Waals surface area (Å²) >= 11 is 0. The summed E-state index contributed by atoms with van der Waals surface area (Å²) in [5.41, 5.74) is 2.42. The normalized spacial score (nSPS) is 18.2. The number of ether oxygens (including phenoxy) is 1. The number of hydrogen-bond donors (Lipinski definition) is 1. The van der Waals surface area contributed by atoms with E-state index in [0.717, 1.165) is 25.4 Å². The van der Waals surface area contributed by atoms with Crippen molar-refractivity contribution in [3.05, 3.63) is 48.3 Å². The summed E-state index contributed by atoms with van der Waals surface area (Å²) in [7, 11) is 0. The SMILES string of the molecule is c1ccc(-n2cccn2)c(CNCCCC2CCCO2)c1. The molecule has 1 unspecified atom stereocenters. The van der Waals surface area contributed by atoms with Crippen LogP contribution >= 0.6 is 0 Å². The van der Waals surface area contributed by atoms with Gasteiger partial charge >= 0.3 is 0 Å². The fourth-order valence-corrected chi connectivity index (χ4v) is 2.84. The summed E-state index contributed by atoms with van der Waals surface area (Å²) in [5.74, 6) is 0. The number of benzene rings is 1. The predicted molar refractivity (Wildman–Crippen MR) is 83.5 cm³/mol. The van der Waals surface area contributed by atoms with Crippen LogP contribution in [0.4, 0.5) is 0 Å². The Morgan fingerprint density at radius 2 is 2.24 bits per heavy atom. The Bertz CT molecular complexity index is 533. The zero-order valence-electron chi connectivity index (χ0n) is 12.4. The Morgan fingerprint density at radius 3 is 3.05 bits per heavy atom. The lowest BCUT2D eigenvalue weighted by Crippen LogP contribution is -2.18. The van der Waals surface area contributed by atoms with Crippen LogP contribution in [0.1, 0.15) is 31.2 Å². The number of aromatic nitrogens is 2. The summed E-state index contributed by atoms with van der Waals surface area (Å²) in [6.07, 6.45) is 9.12. The highest BCUT2D eigenvalue weighted by Crippen LogP contribution is 2.16. The van der Waals surface area contributed by atoms with Gasteiger partial charge in [0.15, 0.2) is 0 Å². The van der Waals surface area contributed by atoms with Gasteiger partial charge in [0.1, 0.15) is 0 Å². The van der Waals surface area contributed by atoms with Crippen LogP contribution < -0.4 is 5.32 Å². The molecule has 0 bridgehead atoms. The monoisotopic (exact) mass is 285 g/mol. The third-order valence-corrected chi connectivity index (χ3v) is 3.96. The second-order valence-electron chi connectivity index (χ2n) is 5.53. The van der Waals surface area contributed by atoms with Crippen molar-refractivity contribution < 1.29 is 4.74 Å². The Balaban J connectivity index is 1.47. The smallest absolute Gasteiger partial charge is 0.0690 e.